The van der Waals surface area contributed by atoms with Crippen LogP contribution in [0.4, 0.5) is 10.5 Å². The minimum absolute atomic E-state index is 0.134. The number of piperazine rings is 1. The molecule has 30 heavy (non-hydrogen) atoms. The van der Waals surface area contributed by atoms with Crippen molar-refractivity contribution in [3.05, 3.63) is 30.3 Å². The van der Waals surface area contributed by atoms with Crippen LogP contribution in [-0.2, 0) is 14.3 Å². The number of carbonyl (C=O) groups is 3. The Bertz CT molecular complexity index is 666. The summed E-state index contributed by atoms with van der Waals surface area (Å²) in [6.07, 6.45) is 9.22. The van der Waals surface area contributed by atoms with Crippen LogP contribution in [-0.4, -0.2) is 48.5 Å². The molecule has 1 aromatic rings. The Hall–Kier alpha value is -2.57. The number of nitrogens with zero attached hydrogens (tertiary/aromatic N) is 1. The molecule has 7 heteroatoms. The maximum absolute atomic E-state index is 12.6. The first-order valence-electron chi connectivity index (χ1n) is 11.2. The van der Waals surface area contributed by atoms with Gasteiger partial charge in [0, 0.05) is 18.8 Å². The van der Waals surface area contributed by atoms with Gasteiger partial charge < -0.3 is 20.3 Å². The van der Waals surface area contributed by atoms with Gasteiger partial charge >= 0.3 is 12.0 Å². The van der Waals surface area contributed by atoms with Crippen molar-refractivity contribution >= 4 is 23.6 Å². The van der Waals surface area contributed by atoms with E-state index in [2.05, 4.69) is 17.6 Å². The summed E-state index contributed by atoms with van der Waals surface area (Å²) in [5.74, 6) is -0.772. The minimum Gasteiger partial charge on any atom is -0.466 e. The van der Waals surface area contributed by atoms with E-state index in [4.69, 9.17) is 4.74 Å². The smallest absolute Gasteiger partial charge is 0.322 e. The van der Waals surface area contributed by atoms with Crippen molar-refractivity contribution in [1.82, 2.24) is 10.2 Å². The molecule has 0 aromatic heterocycles. The first-order valence-corrected chi connectivity index (χ1v) is 11.2. The van der Waals surface area contributed by atoms with Crippen LogP contribution in [0.2, 0.25) is 0 Å². The summed E-state index contributed by atoms with van der Waals surface area (Å²) in [6.45, 7) is 3.28. The number of hydrogen-bond acceptors (Lipinski definition) is 4. The molecule has 3 amide bonds. The van der Waals surface area contributed by atoms with E-state index in [1.165, 1.54) is 37.0 Å². The molecule has 1 heterocycles. The topological polar surface area (TPSA) is 87.7 Å². The predicted molar refractivity (Wildman–Crippen MR) is 117 cm³/mol. The maximum atomic E-state index is 12.6. The third kappa shape index (κ3) is 8.43. The van der Waals surface area contributed by atoms with Gasteiger partial charge in [-0.3, -0.25) is 9.59 Å². The quantitative estimate of drug-likeness (QED) is 0.396. The van der Waals surface area contributed by atoms with Crippen LogP contribution < -0.4 is 10.6 Å². The van der Waals surface area contributed by atoms with Gasteiger partial charge in [0.25, 0.3) is 0 Å². The van der Waals surface area contributed by atoms with E-state index >= 15 is 0 Å². The zero-order valence-electron chi connectivity index (χ0n) is 18.0. The van der Waals surface area contributed by atoms with Gasteiger partial charge in [-0.2, -0.15) is 0 Å². The fourth-order valence-electron chi connectivity index (χ4n) is 3.52. The number of unbranched alkanes of at least 4 members (excludes halogenated alkanes) is 7. The largest absolute Gasteiger partial charge is 0.466 e. The normalized spacial score (nSPS) is 16.1. The summed E-state index contributed by atoms with van der Waals surface area (Å²) < 4.78 is 5.31. The molecular formula is C23H35N3O4. The Labute approximate surface area is 179 Å². The monoisotopic (exact) mass is 417 g/mol. The molecule has 1 atom stereocenters. The molecule has 2 rings (SSSR count). The second-order valence-corrected chi connectivity index (χ2v) is 7.70. The van der Waals surface area contributed by atoms with Crippen LogP contribution in [0.5, 0.6) is 0 Å². The van der Waals surface area contributed by atoms with Gasteiger partial charge in [-0.15, -0.1) is 0 Å². The second-order valence-electron chi connectivity index (χ2n) is 7.70. The van der Waals surface area contributed by atoms with Crippen molar-refractivity contribution in [1.29, 1.82) is 0 Å². The number of urea groups is 1. The van der Waals surface area contributed by atoms with Crippen LogP contribution in [0, 0.1) is 0 Å². The number of esters is 1. The highest BCUT2D eigenvalue weighted by Crippen LogP contribution is 2.14. The van der Waals surface area contributed by atoms with Gasteiger partial charge in [-0.25, -0.2) is 4.79 Å². The highest BCUT2D eigenvalue weighted by Gasteiger charge is 2.35. The summed E-state index contributed by atoms with van der Waals surface area (Å²) in [6, 6.07) is 7.79. The van der Waals surface area contributed by atoms with E-state index in [0.29, 0.717) is 25.4 Å². The number of ether oxygens (including phenoxy) is 1. The summed E-state index contributed by atoms with van der Waals surface area (Å²) >= 11 is 0. The van der Waals surface area contributed by atoms with E-state index in [1.54, 1.807) is 12.1 Å². The SMILES string of the molecule is CCCCCCCCCCOC(=O)CC1C(=O)NCCN1C(=O)Nc1ccccc1. The predicted octanol–water partition coefficient (Wildman–Crippen LogP) is 4.09. The highest BCUT2D eigenvalue weighted by atomic mass is 16.5. The molecule has 1 aromatic carbocycles. The number of benzene rings is 1. The Morgan fingerprint density at radius 1 is 1.07 bits per heavy atom. The molecule has 1 unspecified atom stereocenters. The van der Waals surface area contributed by atoms with Crippen LogP contribution >= 0.6 is 0 Å². The van der Waals surface area contributed by atoms with Crippen molar-refractivity contribution in [2.75, 3.05) is 25.0 Å². The third-order valence-corrected chi connectivity index (χ3v) is 5.24. The molecule has 0 spiro atoms. The molecule has 1 aliphatic rings. The first kappa shape index (κ1) is 23.7. The van der Waals surface area contributed by atoms with Crippen molar-refractivity contribution < 1.29 is 19.1 Å². The summed E-state index contributed by atoms with van der Waals surface area (Å²) in [5.41, 5.74) is 0.643. The number of anilines is 1. The van der Waals surface area contributed by atoms with Crippen molar-refractivity contribution in [2.45, 2.75) is 70.8 Å². The van der Waals surface area contributed by atoms with E-state index in [1.807, 2.05) is 18.2 Å². The summed E-state index contributed by atoms with van der Waals surface area (Å²) in [4.78, 5) is 38.5. The molecule has 2 N–H and O–H groups in total. The molecule has 0 bridgehead atoms. The van der Waals surface area contributed by atoms with Crippen molar-refractivity contribution in [2.24, 2.45) is 0 Å². The number of hydrogen-bond donors (Lipinski definition) is 2. The fraction of sp³-hybridized carbons (Fsp3) is 0.609. The Balaban J connectivity index is 1.71. The standard InChI is InChI=1S/C23H35N3O4/c1-2-3-4-5-6-7-8-12-17-30-21(27)18-20-22(28)24-15-16-26(20)23(29)25-19-13-10-9-11-14-19/h9-11,13-14,20H,2-8,12,15-18H2,1H3,(H,24,28)(H,25,29). The van der Waals surface area contributed by atoms with Gasteiger partial charge in [0.15, 0.2) is 0 Å². The Morgan fingerprint density at radius 2 is 1.73 bits per heavy atom. The molecule has 166 valence electrons. The molecule has 1 saturated heterocycles. The van der Waals surface area contributed by atoms with Gasteiger partial charge in [-0.1, -0.05) is 70.1 Å². The van der Waals surface area contributed by atoms with Crippen LogP contribution in [0.1, 0.15) is 64.7 Å². The molecule has 0 saturated carbocycles. The van der Waals surface area contributed by atoms with Gasteiger partial charge in [0.1, 0.15) is 6.04 Å². The van der Waals surface area contributed by atoms with E-state index < -0.39 is 18.0 Å². The Kier molecular flexibility index (Phi) is 10.8. The summed E-state index contributed by atoms with van der Waals surface area (Å²) in [5, 5.41) is 5.50. The lowest BCUT2D eigenvalue weighted by Gasteiger charge is -2.34. The maximum Gasteiger partial charge on any atom is 0.322 e. The lowest BCUT2D eigenvalue weighted by Crippen LogP contribution is -2.58. The average molecular weight is 418 g/mol. The lowest BCUT2D eigenvalue weighted by molar-refractivity contribution is -0.147. The molecule has 1 aliphatic heterocycles. The van der Waals surface area contributed by atoms with Crippen LogP contribution in [0.15, 0.2) is 30.3 Å². The van der Waals surface area contributed by atoms with E-state index in [9.17, 15) is 14.4 Å². The number of rotatable bonds is 12. The number of nitrogens with one attached hydrogen (secondary N) is 2. The van der Waals surface area contributed by atoms with Crippen LogP contribution in [0.25, 0.3) is 0 Å². The molecule has 7 nitrogen and oxygen atoms in total. The number of para-hydroxylation sites is 1. The highest BCUT2D eigenvalue weighted by molar-refractivity contribution is 5.96. The summed E-state index contributed by atoms with van der Waals surface area (Å²) in [7, 11) is 0. The van der Waals surface area contributed by atoms with Gasteiger partial charge in [-0.05, 0) is 18.6 Å². The van der Waals surface area contributed by atoms with Crippen molar-refractivity contribution in [3.63, 3.8) is 0 Å². The van der Waals surface area contributed by atoms with Gasteiger partial charge in [0.2, 0.25) is 5.91 Å². The lowest BCUT2D eigenvalue weighted by atomic mass is 10.1. The average Bonchev–Trinajstić information content (AvgIpc) is 2.74. The van der Waals surface area contributed by atoms with Crippen LogP contribution in [0.3, 0.4) is 0 Å². The first-order chi connectivity index (χ1) is 14.6. The zero-order valence-corrected chi connectivity index (χ0v) is 18.0. The van der Waals surface area contributed by atoms with E-state index in [-0.39, 0.29) is 12.3 Å². The zero-order chi connectivity index (χ0) is 21.6. The molecule has 0 radical (unpaired) electrons. The van der Waals surface area contributed by atoms with Gasteiger partial charge in [0.05, 0.1) is 13.0 Å². The number of amides is 3. The number of carbonyl (C=O) groups excluding carboxylic acids is 3. The molecule has 1 fully saturated rings. The molecular weight excluding hydrogens is 382 g/mol. The minimum atomic E-state index is -0.853. The molecule has 0 aliphatic carbocycles. The van der Waals surface area contributed by atoms with Crippen molar-refractivity contribution in [3.8, 4) is 0 Å². The third-order valence-electron chi connectivity index (χ3n) is 5.24. The van der Waals surface area contributed by atoms with E-state index in [0.717, 1.165) is 19.3 Å². The Morgan fingerprint density at radius 3 is 2.43 bits per heavy atom. The fourth-order valence-corrected chi connectivity index (χ4v) is 3.52. The second kappa shape index (κ2) is 13.6.